The van der Waals surface area contributed by atoms with Gasteiger partial charge in [0.1, 0.15) is 12.4 Å². The molecule has 0 spiro atoms. The molecule has 0 bridgehead atoms. The topological polar surface area (TPSA) is 37.2 Å². The molecule has 4 nitrogen and oxygen atoms in total. The molecule has 0 saturated carbocycles. The van der Waals surface area contributed by atoms with Gasteiger partial charge in [-0.1, -0.05) is 32.2 Å². The fourth-order valence-corrected chi connectivity index (χ4v) is 1.87. The smallest absolute Gasteiger partial charge is 0.237 e. The normalized spacial score (nSPS) is 29.9. The maximum absolute atomic E-state index is 8.01. The molecule has 0 radical (unpaired) electrons. The molecule has 0 N–H and O–H groups in total. The molecule has 0 aromatic rings. The summed E-state index contributed by atoms with van der Waals surface area (Å²) in [6.45, 7) is -0.961. The lowest BCUT2D eigenvalue weighted by Gasteiger charge is -2.23. The van der Waals surface area contributed by atoms with E-state index in [0.717, 1.165) is 0 Å². The van der Waals surface area contributed by atoms with E-state index in [1.807, 2.05) is 6.08 Å². The molecule has 0 atom stereocenters. The second-order valence-electron chi connectivity index (χ2n) is 4.17. The lowest BCUT2D eigenvalue weighted by atomic mass is 10.1. The van der Waals surface area contributed by atoms with Crippen molar-refractivity contribution in [3.63, 3.8) is 0 Å². The van der Waals surface area contributed by atoms with Crippen molar-refractivity contribution in [3.05, 3.63) is 11.6 Å². The summed E-state index contributed by atoms with van der Waals surface area (Å²) in [5.41, 5.74) is 0.954. The Morgan fingerprint density at radius 1 is 1.42 bits per heavy atom. The van der Waals surface area contributed by atoms with Crippen LogP contribution in [0.2, 0.25) is 0 Å². The Labute approximate surface area is 128 Å². The number of hydrogen-bond acceptors (Lipinski definition) is 4. The van der Waals surface area contributed by atoms with E-state index in [4.69, 9.17) is 17.1 Å². The number of likely N-dealkylation sites (N-methyl/N-ethyl adjacent to an activating group) is 1. The maximum Gasteiger partial charge on any atom is 0.237 e. The van der Waals surface area contributed by atoms with Crippen molar-refractivity contribution in [2.45, 2.75) is 38.9 Å². The van der Waals surface area contributed by atoms with Gasteiger partial charge in [-0.25, -0.2) is 4.99 Å². The van der Waals surface area contributed by atoms with Crippen LogP contribution in [0.5, 0.6) is 0 Å². The van der Waals surface area contributed by atoms with Crippen molar-refractivity contribution in [3.8, 4) is 0 Å². The molecular weight excluding hydrogens is 238 g/mol. The van der Waals surface area contributed by atoms with Gasteiger partial charge in [0.2, 0.25) is 5.90 Å². The SMILES string of the molecule is [2H]C([2H])([2H])N1CCC=C(C2=NCN=C2OCC([2H])([2H])C([2H])([2H])C([2H])([2H])CC)C1. The van der Waals surface area contributed by atoms with Crippen LogP contribution < -0.4 is 0 Å². The Morgan fingerprint density at radius 2 is 2.37 bits per heavy atom. The van der Waals surface area contributed by atoms with E-state index in [1.165, 1.54) is 11.8 Å². The van der Waals surface area contributed by atoms with E-state index in [9.17, 15) is 0 Å². The van der Waals surface area contributed by atoms with Gasteiger partial charge in [-0.05, 0) is 25.3 Å². The van der Waals surface area contributed by atoms with E-state index in [-0.39, 0.29) is 25.5 Å². The molecule has 19 heavy (non-hydrogen) atoms. The molecule has 2 aliphatic rings. The van der Waals surface area contributed by atoms with Crippen molar-refractivity contribution in [2.75, 3.05) is 33.3 Å². The van der Waals surface area contributed by atoms with E-state index >= 15 is 0 Å². The van der Waals surface area contributed by atoms with E-state index in [0.29, 0.717) is 24.3 Å². The highest BCUT2D eigenvalue weighted by atomic mass is 16.5. The first-order valence-corrected chi connectivity index (χ1v) is 6.39. The minimum atomic E-state index is -2.78. The van der Waals surface area contributed by atoms with Gasteiger partial charge in [0, 0.05) is 25.4 Å². The highest BCUT2D eigenvalue weighted by Gasteiger charge is 2.22. The molecule has 0 aliphatic carbocycles. The van der Waals surface area contributed by atoms with Crippen LogP contribution >= 0.6 is 0 Å². The summed E-state index contributed by atoms with van der Waals surface area (Å²) < 4.78 is 75.5. The summed E-state index contributed by atoms with van der Waals surface area (Å²) in [5, 5.41) is 0. The Kier molecular flexibility index (Phi) is 2.55. The highest BCUT2D eigenvalue weighted by Crippen LogP contribution is 2.14. The number of ether oxygens (including phenoxy) is 1. The largest absolute Gasteiger partial charge is 0.476 e. The molecule has 4 heteroatoms. The van der Waals surface area contributed by atoms with Crippen LogP contribution in [0, 0.1) is 0 Å². The average molecular weight is 272 g/mol. The van der Waals surface area contributed by atoms with Gasteiger partial charge in [-0.2, -0.15) is 0 Å². The van der Waals surface area contributed by atoms with Crippen LogP contribution in [0.1, 0.15) is 51.2 Å². The zero-order valence-electron chi connectivity index (χ0n) is 20.1. The summed E-state index contributed by atoms with van der Waals surface area (Å²) in [5.74, 6) is 0.0235. The second kappa shape index (κ2) is 7.43. The first-order chi connectivity index (χ1) is 12.7. The minimum Gasteiger partial charge on any atom is -0.476 e. The number of nitrogens with zero attached hydrogens (tertiary/aromatic N) is 3. The Bertz CT molecular complexity index is 683. The Morgan fingerprint density at radius 3 is 3.21 bits per heavy atom. The fraction of sp³-hybridized carbons (Fsp3) is 0.733. The predicted molar refractivity (Wildman–Crippen MR) is 80.0 cm³/mol. The number of aliphatic imine (C=N–C) groups is 2. The van der Waals surface area contributed by atoms with Crippen LogP contribution in [0.4, 0.5) is 0 Å². The van der Waals surface area contributed by atoms with Crippen LogP contribution in [0.15, 0.2) is 21.6 Å². The number of hydrogen-bond donors (Lipinski definition) is 0. The quantitative estimate of drug-likeness (QED) is 0.745. The lowest BCUT2D eigenvalue weighted by Crippen LogP contribution is -2.31. The molecule has 2 heterocycles. The summed E-state index contributed by atoms with van der Waals surface area (Å²) >= 11 is 0. The molecular formula is C15H25N3O. The van der Waals surface area contributed by atoms with E-state index in [2.05, 4.69) is 9.98 Å². The zero-order valence-corrected chi connectivity index (χ0v) is 11.1. The van der Waals surface area contributed by atoms with Gasteiger partial charge < -0.3 is 9.64 Å². The van der Waals surface area contributed by atoms with Crippen molar-refractivity contribution in [1.29, 1.82) is 0 Å². The minimum absolute atomic E-state index is 0.0235. The third-order valence-electron chi connectivity index (χ3n) is 2.74. The summed E-state index contributed by atoms with van der Waals surface area (Å²) in [6, 6.07) is 0. The number of rotatable bonds is 6. The summed E-state index contributed by atoms with van der Waals surface area (Å²) in [7, 11) is 0. The lowest BCUT2D eigenvalue weighted by molar-refractivity contribution is 0.298. The standard InChI is InChI=1S/C15H25N3O/c1-3-4-5-6-10-19-15-14(16-12-17-15)13-8-7-9-18(2)11-13/h8H,3-7,9-12H2,1-2H3/i2D3,4D2,5D2,6D2. The van der Waals surface area contributed by atoms with Crippen molar-refractivity contribution < 1.29 is 17.1 Å². The Balaban J connectivity index is 2.09. The maximum atomic E-state index is 8.01. The van der Waals surface area contributed by atoms with Crippen molar-refractivity contribution >= 4 is 11.6 Å². The van der Waals surface area contributed by atoms with Gasteiger partial charge >= 0.3 is 0 Å². The molecule has 106 valence electrons. The first kappa shape index (κ1) is 6.53. The molecule has 0 unspecified atom stereocenters. The van der Waals surface area contributed by atoms with Gasteiger partial charge in [0.25, 0.3) is 0 Å². The van der Waals surface area contributed by atoms with Gasteiger partial charge in [0.15, 0.2) is 0 Å². The molecule has 0 fully saturated rings. The second-order valence-corrected chi connectivity index (χ2v) is 4.17. The molecule has 0 amide bonds. The molecule has 0 aromatic heterocycles. The average Bonchev–Trinajstić information content (AvgIpc) is 3.07. The van der Waals surface area contributed by atoms with Crippen molar-refractivity contribution in [1.82, 2.24) is 4.90 Å². The van der Waals surface area contributed by atoms with Crippen LogP contribution in [-0.2, 0) is 4.74 Å². The summed E-state index contributed by atoms with van der Waals surface area (Å²) in [4.78, 5) is 9.59. The van der Waals surface area contributed by atoms with Gasteiger partial charge in [-0.3, -0.25) is 4.99 Å². The first-order valence-electron chi connectivity index (χ1n) is 10.9. The highest BCUT2D eigenvalue weighted by molar-refractivity contribution is 6.46. The van der Waals surface area contributed by atoms with E-state index < -0.39 is 32.7 Å². The van der Waals surface area contributed by atoms with E-state index in [1.54, 1.807) is 0 Å². The zero-order chi connectivity index (χ0) is 21.4. The third kappa shape index (κ3) is 4.16. The van der Waals surface area contributed by atoms with Gasteiger partial charge in [-0.15, -0.1) is 0 Å². The third-order valence-corrected chi connectivity index (χ3v) is 2.74. The fourth-order valence-electron chi connectivity index (χ4n) is 1.87. The van der Waals surface area contributed by atoms with Crippen LogP contribution in [0.3, 0.4) is 0 Å². The molecule has 0 aromatic carbocycles. The Hall–Kier alpha value is -1.16. The molecule has 2 aliphatic heterocycles. The van der Waals surface area contributed by atoms with Crippen LogP contribution in [-0.4, -0.2) is 49.9 Å². The molecule has 0 saturated heterocycles. The molecule has 2 rings (SSSR count). The predicted octanol–water partition coefficient (Wildman–Crippen LogP) is 2.66. The van der Waals surface area contributed by atoms with Gasteiger partial charge in [0.05, 0.1) is 6.61 Å². The van der Waals surface area contributed by atoms with Crippen molar-refractivity contribution in [2.24, 2.45) is 9.98 Å². The monoisotopic (exact) mass is 272 g/mol. The van der Waals surface area contributed by atoms with Crippen LogP contribution in [0.25, 0.3) is 0 Å². The summed E-state index contributed by atoms with van der Waals surface area (Å²) in [6.07, 6.45) is -5.61.